The largest absolute Gasteiger partial charge is 0.493 e. The van der Waals surface area contributed by atoms with Crippen molar-refractivity contribution in [3.8, 4) is 17.6 Å². The molecule has 1 saturated heterocycles. The minimum absolute atomic E-state index is 0.185. The maximum absolute atomic E-state index is 13.3. The second-order valence-electron chi connectivity index (χ2n) is 9.21. The Kier molecular flexibility index (Phi) is 8.20. The molecule has 0 saturated carbocycles. The van der Waals surface area contributed by atoms with E-state index in [-0.39, 0.29) is 18.2 Å². The third-order valence-corrected chi connectivity index (χ3v) is 5.52. The van der Waals surface area contributed by atoms with E-state index in [1.165, 1.54) is 11.0 Å². The van der Waals surface area contributed by atoms with Crippen molar-refractivity contribution in [3.05, 3.63) is 53.1 Å². The average molecular weight is 481 g/mol. The molecule has 2 aromatic rings. The number of amides is 2. The second kappa shape index (κ2) is 11.1. The number of nitrogens with zero attached hydrogens (tertiary/aromatic N) is 2. The van der Waals surface area contributed by atoms with Gasteiger partial charge in [-0.3, -0.25) is 9.69 Å². The fourth-order valence-electron chi connectivity index (χ4n) is 3.88. The van der Waals surface area contributed by atoms with E-state index in [0.717, 1.165) is 12.1 Å². The SMILES string of the molecule is COc1ccc(CNC(=O)c2cc(C#N)ccc2N(C(=O)OC(C)(C)C)[C@@H]2CCNC2)cc1OC. The average Bonchev–Trinajstić information content (AvgIpc) is 3.35. The van der Waals surface area contributed by atoms with Gasteiger partial charge in [0.2, 0.25) is 0 Å². The lowest BCUT2D eigenvalue weighted by Crippen LogP contribution is -2.45. The number of hydrogen-bond acceptors (Lipinski definition) is 7. The summed E-state index contributed by atoms with van der Waals surface area (Å²) in [5.41, 5.74) is 1.04. The van der Waals surface area contributed by atoms with Gasteiger partial charge in [-0.15, -0.1) is 0 Å². The van der Waals surface area contributed by atoms with E-state index in [2.05, 4.69) is 16.7 Å². The van der Waals surface area contributed by atoms with Gasteiger partial charge in [0.25, 0.3) is 5.91 Å². The van der Waals surface area contributed by atoms with Crippen molar-refractivity contribution >= 4 is 17.7 Å². The number of ether oxygens (including phenoxy) is 3. The van der Waals surface area contributed by atoms with Crippen LogP contribution in [0.15, 0.2) is 36.4 Å². The van der Waals surface area contributed by atoms with Crippen LogP contribution in [0, 0.1) is 11.3 Å². The molecule has 0 unspecified atom stereocenters. The molecule has 9 heteroatoms. The highest BCUT2D eigenvalue weighted by Gasteiger charge is 2.34. The number of carbonyl (C=O) groups excluding carboxylic acids is 2. The number of nitriles is 1. The second-order valence-corrected chi connectivity index (χ2v) is 9.21. The Morgan fingerprint density at radius 1 is 1.14 bits per heavy atom. The molecule has 0 radical (unpaired) electrons. The molecule has 1 heterocycles. The molecule has 0 spiro atoms. The molecular weight excluding hydrogens is 448 g/mol. The summed E-state index contributed by atoms with van der Waals surface area (Å²) < 4.78 is 16.3. The van der Waals surface area contributed by atoms with Crippen LogP contribution in [0.3, 0.4) is 0 Å². The summed E-state index contributed by atoms with van der Waals surface area (Å²) in [6.07, 6.45) is 0.177. The Morgan fingerprint density at radius 3 is 2.49 bits per heavy atom. The van der Waals surface area contributed by atoms with Crippen LogP contribution in [0.1, 0.15) is 48.7 Å². The molecule has 1 aliphatic rings. The highest BCUT2D eigenvalue weighted by molar-refractivity contribution is 6.04. The van der Waals surface area contributed by atoms with Gasteiger partial charge in [0, 0.05) is 13.1 Å². The molecule has 1 aliphatic heterocycles. The van der Waals surface area contributed by atoms with Gasteiger partial charge < -0.3 is 24.8 Å². The summed E-state index contributed by atoms with van der Waals surface area (Å²) in [7, 11) is 3.10. The molecule has 1 fully saturated rings. The van der Waals surface area contributed by atoms with Gasteiger partial charge >= 0.3 is 6.09 Å². The van der Waals surface area contributed by atoms with Crippen molar-refractivity contribution in [1.82, 2.24) is 10.6 Å². The van der Waals surface area contributed by atoms with Crippen LogP contribution in [0.5, 0.6) is 11.5 Å². The van der Waals surface area contributed by atoms with Gasteiger partial charge in [0.1, 0.15) is 5.60 Å². The Labute approximate surface area is 206 Å². The number of methoxy groups -OCH3 is 2. The first kappa shape index (κ1) is 25.8. The van der Waals surface area contributed by atoms with Crippen LogP contribution < -0.4 is 25.0 Å². The van der Waals surface area contributed by atoms with Crippen molar-refractivity contribution in [1.29, 1.82) is 5.26 Å². The fourth-order valence-corrected chi connectivity index (χ4v) is 3.88. The van der Waals surface area contributed by atoms with E-state index >= 15 is 0 Å². The first-order chi connectivity index (χ1) is 16.7. The van der Waals surface area contributed by atoms with E-state index < -0.39 is 17.6 Å². The Bertz CT molecular complexity index is 1110. The van der Waals surface area contributed by atoms with Crippen LogP contribution >= 0.6 is 0 Å². The highest BCUT2D eigenvalue weighted by atomic mass is 16.6. The van der Waals surface area contributed by atoms with Crippen molar-refractivity contribution < 1.29 is 23.8 Å². The minimum Gasteiger partial charge on any atom is -0.493 e. The Hall–Kier alpha value is -3.77. The summed E-state index contributed by atoms with van der Waals surface area (Å²) in [5, 5.41) is 15.6. The van der Waals surface area contributed by atoms with Gasteiger partial charge in [-0.05, 0) is 69.6 Å². The number of nitrogens with one attached hydrogen (secondary N) is 2. The highest BCUT2D eigenvalue weighted by Crippen LogP contribution is 2.29. The van der Waals surface area contributed by atoms with Gasteiger partial charge in [0.05, 0.1) is 43.1 Å². The molecule has 35 heavy (non-hydrogen) atoms. The first-order valence-corrected chi connectivity index (χ1v) is 11.4. The summed E-state index contributed by atoms with van der Waals surface area (Å²) >= 11 is 0. The zero-order chi connectivity index (χ0) is 25.6. The lowest BCUT2D eigenvalue weighted by atomic mass is 10.0. The summed E-state index contributed by atoms with van der Waals surface area (Å²) in [6.45, 7) is 6.93. The van der Waals surface area contributed by atoms with Gasteiger partial charge in [-0.2, -0.15) is 5.26 Å². The van der Waals surface area contributed by atoms with Crippen LogP contribution in [0.4, 0.5) is 10.5 Å². The van der Waals surface area contributed by atoms with Crippen LogP contribution in [0.25, 0.3) is 0 Å². The zero-order valence-electron chi connectivity index (χ0n) is 20.8. The number of benzene rings is 2. The Morgan fingerprint density at radius 2 is 1.89 bits per heavy atom. The van der Waals surface area contributed by atoms with Gasteiger partial charge in [-0.25, -0.2) is 4.79 Å². The van der Waals surface area contributed by atoms with Crippen LogP contribution in [0.2, 0.25) is 0 Å². The van der Waals surface area contributed by atoms with Crippen LogP contribution in [-0.4, -0.2) is 51.0 Å². The smallest absolute Gasteiger partial charge is 0.415 e. The third-order valence-electron chi connectivity index (χ3n) is 5.52. The molecule has 2 N–H and O–H groups in total. The van der Waals surface area contributed by atoms with Crippen molar-refractivity contribution in [2.24, 2.45) is 0 Å². The van der Waals surface area contributed by atoms with Crippen LogP contribution in [-0.2, 0) is 11.3 Å². The van der Waals surface area contributed by atoms with E-state index in [0.29, 0.717) is 35.7 Å². The molecule has 9 nitrogen and oxygen atoms in total. The first-order valence-electron chi connectivity index (χ1n) is 11.4. The number of carbonyl (C=O) groups is 2. The summed E-state index contributed by atoms with van der Waals surface area (Å²) in [4.78, 5) is 28.1. The quantitative estimate of drug-likeness (QED) is 0.622. The van der Waals surface area contributed by atoms with E-state index in [4.69, 9.17) is 14.2 Å². The lowest BCUT2D eigenvalue weighted by molar-refractivity contribution is 0.0567. The fraction of sp³-hybridized carbons (Fsp3) is 0.423. The van der Waals surface area contributed by atoms with E-state index in [1.54, 1.807) is 59.3 Å². The molecule has 0 aliphatic carbocycles. The van der Waals surface area contributed by atoms with E-state index in [9.17, 15) is 14.9 Å². The summed E-state index contributed by atoms with van der Waals surface area (Å²) in [6, 6.07) is 12.0. The molecule has 0 aromatic heterocycles. The predicted molar refractivity (Wildman–Crippen MR) is 132 cm³/mol. The number of rotatable bonds is 7. The topological polar surface area (TPSA) is 113 Å². The molecule has 2 amide bonds. The zero-order valence-corrected chi connectivity index (χ0v) is 20.8. The van der Waals surface area contributed by atoms with E-state index in [1.807, 2.05) is 6.07 Å². The number of anilines is 1. The maximum atomic E-state index is 13.3. The minimum atomic E-state index is -0.705. The Balaban J connectivity index is 1.93. The summed E-state index contributed by atoms with van der Waals surface area (Å²) in [5.74, 6) is 0.729. The normalized spacial score (nSPS) is 15.1. The predicted octanol–water partition coefficient (Wildman–Crippen LogP) is 3.61. The molecule has 3 rings (SSSR count). The molecule has 1 atom stereocenters. The molecule has 186 valence electrons. The maximum Gasteiger partial charge on any atom is 0.415 e. The van der Waals surface area contributed by atoms with Crippen molar-refractivity contribution in [2.75, 3.05) is 32.2 Å². The number of hydrogen-bond donors (Lipinski definition) is 2. The van der Waals surface area contributed by atoms with Gasteiger partial charge in [-0.1, -0.05) is 6.07 Å². The third kappa shape index (κ3) is 6.43. The standard InChI is InChI=1S/C26H32N4O5/c1-26(2,3)35-25(32)30(19-10-11-28-16-19)21-8-6-17(14-27)12-20(21)24(31)29-15-18-7-9-22(33-4)23(13-18)34-5/h6-9,12-13,19,28H,10-11,15-16H2,1-5H3,(H,29,31)/t19-/m1/s1. The molecule has 2 aromatic carbocycles. The molecular formula is C26H32N4O5. The lowest BCUT2D eigenvalue weighted by Gasteiger charge is -2.32. The van der Waals surface area contributed by atoms with Gasteiger partial charge in [0.15, 0.2) is 11.5 Å². The molecule has 0 bridgehead atoms. The van der Waals surface area contributed by atoms with Crippen molar-refractivity contribution in [2.45, 2.75) is 45.4 Å². The monoisotopic (exact) mass is 480 g/mol. The van der Waals surface area contributed by atoms with Crippen molar-refractivity contribution in [3.63, 3.8) is 0 Å².